The molecule has 0 bridgehead atoms. The van der Waals surface area contributed by atoms with Crippen LogP contribution in [0.25, 0.3) is 0 Å². The molecule has 0 radical (unpaired) electrons. The van der Waals surface area contributed by atoms with Gasteiger partial charge >= 0.3 is 0 Å². The van der Waals surface area contributed by atoms with Gasteiger partial charge < -0.3 is 0 Å². The Bertz CT molecular complexity index is 870. The molecule has 2 heterocycles. The summed E-state index contributed by atoms with van der Waals surface area (Å²) in [7, 11) is 0. The number of fused-ring (bicyclic) bond motifs is 1. The Morgan fingerprint density at radius 2 is 1.43 bits per heavy atom. The second-order valence-electron chi connectivity index (χ2n) is 8.68. The monoisotopic (exact) mass is 462 g/mol. The number of amides is 2. The molecule has 1 aromatic carbocycles. The number of hydrogen-bond donors (Lipinski definition) is 0. The van der Waals surface area contributed by atoms with Gasteiger partial charge in [0, 0.05) is 22.9 Å². The molecule has 0 atom stereocenters. The molecule has 0 unspecified atom stereocenters. The Hall–Kier alpha value is -1.31. The van der Waals surface area contributed by atoms with E-state index < -0.39 is 0 Å². The van der Waals surface area contributed by atoms with Crippen LogP contribution >= 0.6 is 35.7 Å². The average Bonchev–Trinajstić information content (AvgIpc) is 3.10. The molecular formula is C23H30N2O2S3. The van der Waals surface area contributed by atoms with Crippen LogP contribution in [0.15, 0.2) is 37.8 Å². The van der Waals surface area contributed by atoms with Gasteiger partial charge in [0.2, 0.25) is 0 Å². The fourth-order valence-corrected chi connectivity index (χ4v) is 6.25. The van der Waals surface area contributed by atoms with Gasteiger partial charge in [-0.1, -0.05) is 77.1 Å². The molecule has 7 heteroatoms. The number of nitrogens with zero attached hydrogens (tertiary/aromatic N) is 2. The number of unbranched alkanes of at least 4 members (excludes halogenated alkanes) is 2. The molecular weight excluding hydrogens is 432 g/mol. The van der Waals surface area contributed by atoms with Crippen LogP contribution in [-0.2, 0) is 15.0 Å². The third kappa shape index (κ3) is 4.63. The zero-order valence-electron chi connectivity index (χ0n) is 18.4. The minimum atomic E-state index is -0.245. The summed E-state index contributed by atoms with van der Waals surface area (Å²) in [6, 6.07) is 6.43. The van der Waals surface area contributed by atoms with Crippen LogP contribution in [0.5, 0.6) is 0 Å². The van der Waals surface area contributed by atoms with E-state index >= 15 is 0 Å². The predicted octanol–water partition coefficient (Wildman–Crippen LogP) is 5.95. The molecule has 0 N–H and O–H groups in total. The highest BCUT2D eigenvalue weighted by Crippen LogP contribution is 2.53. The standard InChI is InChI=1S/C23H30N2O2S3/c1-6-8-12-24-19(26)18(20(27)25(22(24)28)13-9-7-2)21-29-16-11-10-15(23(3,4)5)14-17(16)30-21/h10-11,14H,6-9,12-13H2,1-5H3. The fourth-order valence-electron chi connectivity index (χ4n) is 3.34. The summed E-state index contributed by atoms with van der Waals surface area (Å²) in [6.45, 7) is 11.8. The first kappa shape index (κ1) is 23.4. The minimum absolute atomic E-state index is 0.0483. The number of thiocarbonyl (C=S) groups is 1. The van der Waals surface area contributed by atoms with Gasteiger partial charge in [-0.05, 0) is 48.2 Å². The molecule has 1 aromatic rings. The summed E-state index contributed by atoms with van der Waals surface area (Å²) in [4.78, 5) is 32.2. The second kappa shape index (κ2) is 9.45. The lowest BCUT2D eigenvalue weighted by Gasteiger charge is -2.37. The summed E-state index contributed by atoms with van der Waals surface area (Å²) in [5.74, 6) is -0.491. The van der Waals surface area contributed by atoms with Gasteiger partial charge in [0.25, 0.3) is 11.8 Å². The molecule has 30 heavy (non-hydrogen) atoms. The summed E-state index contributed by atoms with van der Waals surface area (Å²) >= 11 is 8.62. The first-order valence-corrected chi connectivity index (χ1v) is 12.6. The molecule has 162 valence electrons. The SMILES string of the molecule is CCCCN1C(=O)C(=C2Sc3ccc(C(C)(C)C)cc3S2)C(=O)N(CCCC)C1=S. The van der Waals surface area contributed by atoms with Crippen molar-refractivity contribution in [1.29, 1.82) is 0 Å². The van der Waals surface area contributed by atoms with Gasteiger partial charge in [-0.2, -0.15) is 0 Å². The largest absolute Gasteiger partial charge is 0.284 e. The van der Waals surface area contributed by atoms with Crippen LogP contribution in [0, 0.1) is 0 Å². The summed E-state index contributed by atoms with van der Waals surface area (Å²) in [6.07, 6.45) is 3.65. The van der Waals surface area contributed by atoms with Gasteiger partial charge in [-0.15, -0.1) is 0 Å². The third-order valence-corrected chi connectivity index (χ3v) is 8.25. The molecule has 4 nitrogen and oxygen atoms in total. The van der Waals surface area contributed by atoms with Crippen molar-refractivity contribution in [3.05, 3.63) is 33.6 Å². The third-order valence-electron chi connectivity index (χ3n) is 5.27. The number of benzene rings is 1. The first-order valence-electron chi connectivity index (χ1n) is 10.6. The van der Waals surface area contributed by atoms with Gasteiger partial charge in [0.1, 0.15) is 5.57 Å². The van der Waals surface area contributed by atoms with Crippen molar-refractivity contribution in [2.45, 2.75) is 75.5 Å². The zero-order valence-corrected chi connectivity index (χ0v) is 20.9. The highest BCUT2D eigenvalue weighted by molar-refractivity contribution is 8.24. The van der Waals surface area contributed by atoms with E-state index in [4.69, 9.17) is 12.2 Å². The van der Waals surface area contributed by atoms with Crippen molar-refractivity contribution < 1.29 is 9.59 Å². The lowest BCUT2D eigenvalue weighted by Crippen LogP contribution is -2.56. The number of carbonyl (C=O) groups is 2. The quantitative estimate of drug-likeness (QED) is 0.297. The zero-order chi connectivity index (χ0) is 22.1. The van der Waals surface area contributed by atoms with Crippen molar-refractivity contribution in [2.75, 3.05) is 13.1 Å². The van der Waals surface area contributed by atoms with Crippen molar-refractivity contribution >= 4 is 52.7 Å². The van der Waals surface area contributed by atoms with E-state index in [0.717, 1.165) is 39.7 Å². The summed E-state index contributed by atoms with van der Waals surface area (Å²) in [5, 5.41) is 0.358. The van der Waals surface area contributed by atoms with Crippen LogP contribution in [0.2, 0.25) is 0 Å². The molecule has 2 amide bonds. The van der Waals surface area contributed by atoms with E-state index in [1.165, 1.54) is 29.1 Å². The molecule has 0 aromatic heterocycles. The summed E-state index contributed by atoms with van der Waals surface area (Å²) in [5.41, 5.74) is 1.57. The number of hydrogen-bond acceptors (Lipinski definition) is 5. The molecule has 2 aliphatic rings. The van der Waals surface area contributed by atoms with Crippen molar-refractivity contribution in [1.82, 2.24) is 9.80 Å². The van der Waals surface area contributed by atoms with Gasteiger partial charge in [-0.25, -0.2) is 0 Å². The maximum absolute atomic E-state index is 13.3. The topological polar surface area (TPSA) is 40.6 Å². The fraction of sp³-hybridized carbons (Fsp3) is 0.522. The van der Waals surface area contributed by atoms with Crippen molar-refractivity contribution in [2.24, 2.45) is 0 Å². The van der Waals surface area contributed by atoms with Crippen LogP contribution < -0.4 is 0 Å². The molecule has 2 aliphatic heterocycles. The summed E-state index contributed by atoms with van der Waals surface area (Å²) < 4.78 is 0.775. The Labute approximate surface area is 193 Å². The van der Waals surface area contributed by atoms with Gasteiger partial charge in [0.15, 0.2) is 5.11 Å². The Morgan fingerprint density at radius 3 is 1.93 bits per heavy atom. The van der Waals surface area contributed by atoms with E-state index in [0.29, 0.717) is 18.2 Å². The minimum Gasteiger partial charge on any atom is -0.284 e. The highest BCUT2D eigenvalue weighted by atomic mass is 32.2. The molecule has 0 saturated carbocycles. The second-order valence-corrected chi connectivity index (χ2v) is 11.4. The highest BCUT2D eigenvalue weighted by Gasteiger charge is 2.42. The Morgan fingerprint density at radius 1 is 0.900 bits per heavy atom. The van der Waals surface area contributed by atoms with Crippen LogP contribution in [0.3, 0.4) is 0 Å². The van der Waals surface area contributed by atoms with E-state index in [-0.39, 0.29) is 22.8 Å². The van der Waals surface area contributed by atoms with Gasteiger partial charge in [0.05, 0.1) is 4.24 Å². The average molecular weight is 463 g/mol. The predicted molar refractivity (Wildman–Crippen MR) is 130 cm³/mol. The molecule has 0 spiro atoms. The molecule has 1 fully saturated rings. The maximum Gasteiger partial charge on any atom is 0.267 e. The lowest BCUT2D eigenvalue weighted by atomic mass is 9.87. The lowest BCUT2D eigenvalue weighted by molar-refractivity contribution is -0.133. The van der Waals surface area contributed by atoms with E-state index in [1.54, 1.807) is 9.80 Å². The first-order chi connectivity index (χ1) is 14.2. The van der Waals surface area contributed by atoms with Crippen molar-refractivity contribution in [3.63, 3.8) is 0 Å². The smallest absolute Gasteiger partial charge is 0.267 e. The Balaban J connectivity index is 1.98. The van der Waals surface area contributed by atoms with Crippen LogP contribution in [0.1, 0.15) is 65.9 Å². The van der Waals surface area contributed by atoms with E-state index in [2.05, 4.69) is 52.8 Å². The van der Waals surface area contributed by atoms with Crippen LogP contribution in [0.4, 0.5) is 0 Å². The maximum atomic E-state index is 13.3. The number of thioether (sulfide) groups is 2. The van der Waals surface area contributed by atoms with Crippen LogP contribution in [-0.4, -0.2) is 39.8 Å². The number of rotatable bonds is 6. The van der Waals surface area contributed by atoms with E-state index in [1.807, 2.05) is 0 Å². The van der Waals surface area contributed by atoms with Crippen molar-refractivity contribution in [3.8, 4) is 0 Å². The van der Waals surface area contributed by atoms with Gasteiger partial charge in [-0.3, -0.25) is 19.4 Å². The molecule has 3 rings (SSSR count). The normalized spacial score (nSPS) is 17.3. The molecule has 0 aliphatic carbocycles. The Kier molecular flexibility index (Phi) is 7.36. The molecule has 1 saturated heterocycles. The van der Waals surface area contributed by atoms with E-state index in [9.17, 15) is 9.59 Å². The number of carbonyl (C=O) groups excluding carboxylic acids is 2.